The maximum absolute atomic E-state index is 8.74. The van der Waals surface area contributed by atoms with E-state index in [0.717, 1.165) is 11.5 Å². The van der Waals surface area contributed by atoms with Crippen molar-refractivity contribution in [3.63, 3.8) is 0 Å². The minimum absolute atomic E-state index is 0.120. The van der Waals surface area contributed by atoms with Gasteiger partial charge < -0.3 is 5.21 Å². The van der Waals surface area contributed by atoms with Crippen LogP contribution in [0.5, 0.6) is 0 Å². The Kier molecular flexibility index (Phi) is 4.21. The molecule has 0 bridgehead atoms. The molecule has 3 heteroatoms. The lowest BCUT2D eigenvalue weighted by Gasteiger charge is -2.22. The number of hydrogen-bond acceptors (Lipinski definition) is 3. The van der Waals surface area contributed by atoms with Gasteiger partial charge in [-0.15, -0.1) is 11.8 Å². The van der Waals surface area contributed by atoms with E-state index < -0.39 is 0 Å². The fraction of sp³-hybridized carbons (Fsp3) is 0.417. The molecule has 0 spiro atoms. The van der Waals surface area contributed by atoms with E-state index >= 15 is 0 Å². The summed E-state index contributed by atoms with van der Waals surface area (Å²) in [6, 6.07) is 10.3. The molecule has 0 aliphatic rings. The van der Waals surface area contributed by atoms with Gasteiger partial charge in [0, 0.05) is 5.75 Å². The van der Waals surface area contributed by atoms with E-state index in [0.29, 0.717) is 0 Å². The molecule has 0 heterocycles. The van der Waals surface area contributed by atoms with E-state index in [1.165, 1.54) is 5.56 Å². The first-order valence-electron chi connectivity index (χ1n) is 4.93. The van der Waals surface area contributed by atoms with Crippen molar-refractivity contribution in [2.45, 2.75) is 31.3 Å². The summed E-state index contributed by atoms with van der Waals surface area (Å²) in [5.74, 6) is 0.931. The van der Waals surface area contributed by atoms with Crippen LogP contribution >= 0.6 is 11.8 Å². The predicted octanol–water partition coefficient (Wildman–Crippen LogP) is 3.55. The average molecular weight is 223 g/mol. The van der Waals surface area contributed by atoms with Crippen molar-refractivity contribution in [1.29, 1.82) is 0 Å². The minimum atomic E-state index is -0.120. The summed E-state index contributed by atoms with van der Waals surface area (Å²) in [6.45, 7) is 5.98. The van der Waals surface area contributed by atoms with E-state index in [9.17, 15) is 0 Å². The highest BCUT2D eigenvalue weighted by molar-refractivity contribution is 8.00. The Morgan fingerprint density at radius 1 is 1.33 bits per heavy atom. The SMILES string of the molecule is C/C(=N\O)C(C)(C)SCc1ccccc1. The topological polar surface area (TPSA) is 32.6 Å². The normalized spacial score (nSPS) is 12.9. The third-order valence-electron chi connectivity index (χ3n) is 2.46. The van der Waals surface area contributed by atoms with Gasteiger partial charge in [0.1, 0.15) is 0 Å². The average Bonchev–Trinajstić information content (AvgIpc) is 2.27. The summed E-state index contributed by atoms with van der Waals surface area (Å²) in [7, 11) is 0. The van der Waals surface area contributed by atoms with Crippen LogP contribution < -0.4 is 0 Å². The first-order valence-corrected chi connectivity index (χ1v) is 5.92. The Morgan fingerprint density at radius 3 is 2.47 bits per heavy atom. The molecule has 1 aromatic rings. The Bertz CT molecular complexity index is 333. The van der Waals surface area contributed by atoms with Crippen LogP contribution in [0, 0.1) is 0 Å². The second-order valence-electron chi connectivity index (χ2n) is 3.97. The fourth-order valence-electron chi connectivity index (χ4n) is 1.06. The van der Waals surface area contributed by atoms with Gasteiger partial charge in [0.25, 0.3) is 0 Å². The van der Waals surface area contributed by atoms with Gasteiger partial charge in [0.2, 0.25) is 0 Å². The van der Waals surface area contributed by atoms with Crippen molar-refractivity contribution in [1.82, 2.24) is 0 Å². The summed E-state index contributed by atoms with van der Waals surface area (Å²) in [5, 5.41) is 12.0. The number of benzene rings is 1. The zero-order valence-electron chi connectivity index (χ0n) is 9.40. The first kappa shape index (κ1) is 12.1. The maximum atomic E-state index is 8.74. The zero-order valence-corrected chi connectivity index (χ0v) is 10.2. The second kappa shape index (κ2) is 5.21. The van der Waals surface area contributed by atoms with Crippen molar-refractivity contribution in [3.05, 3.63) is 35.9 Å². The first-order chi connectivity index (χ1) is 7.06. The van der Waals surface area contributed by atoms with Crippen LogP contribution in [-0.4, -0.2) is 15.7 Å². The van der Waals surface area contributed by atoms with Gasteiger partial charge >= 0.3 is 0 Å². The Labute approximate surface area is 95.4 Å². The Morgan fingerprint density at radius 2 is 1.93 bits per heavy atom. The van der Waals surface area contributed by atoms with Crippen molar-refractivity contribution in [2.75, 3.05) is 0 Å². The molecule has 2 nitrogen and oxygen atoms in total. The molecule has 0 radical (unpaired) electrons. The molecule has 0 fully saturated rings. The highest BCUT2D eigenvalue weighted by Gasteiger charge is 2.22. The number of hydrogen-bond donors (Lipinski definition) is 1. The molecule has 82 valence electrons. The van der Waals surface area contributed by atoms with Crippen molar-refractivity contribution >= 4 is 17.5 Å². The van der Waals surface area contributed by atoms with E-state index in [1.54, 1.807) is 11.8 Å². The number of rotatable bonds is 4. The number of thioether (sulfide) groups is 1. The second-order valence-corrected chi connectivity index (χ2v) is 5.57. The summed E-state index contributed by atoms with van der Waals surface area (Å²) in [5.41, 5.74) is 2.05. The fourth-order valence-corrected chi connectivity index (χ4v) is 2.03. The third-order valence-corrected chi connectivity index (χ3v) is 3.96. The molecular formula is C12H17NOS. The van der Waals surface area contributed by atoms with Crippen LogP contribution in [0.2, 0.25) is 0 Å². The van der Waals surface area contributed by atoms with Gasteiger partial charge in [-0.05, 0) is 26.3 Å². The monoisotopic (exact) mass is 223 g/mol. The molecule has 1 aromatic carbocycles. The van der Waals surface area contributed by atoms with E-state index in [-0.39, 0.29) is 4.75 Å². The van der Waals surface area contributed by atoms with Crippen LogP contribution in [0.3, 0.4) is 0 Å². The molecule has 0 amide bonds. The number of oxime groups is 1. The molecule has 0 aromatic heterocycles. The van der Waals surface area contributed by atoms with Crippen LogP contribution in [0.25, 0.3) is 0 Å². The van der Waals surface area contributed by atoms with Crippen molar-refractivity contribution in [3.8, 4) is 0 Å². The smallest absolute Gasteiger partial charge is 0.0694 e. The standard InChI is InChI=1S/C12H17NOS/c1-10(13-14)12(2,3)15-9-11-7-5-4-6-8-11/h4-8,14H,9H2,1-3H3/b13-10+. The zero-order chi connectivity index (χ0) is 11.3. The van der Waals surface area contributed by atoms with Gasteiger partial charge in [-0.25, -0.2) is 0 Å². The van der Waals surface area contributed by atoms with Gasteiger partial charge in [0.15, 0.2) is 0 Å². The summed E-state index contributed by atoms with van der Waals surface area (Å²) >= 11 is 1.77. The molecule has 0 saturated carbocycles. The van der Waals surface area contributed by atoms with Gasteiger partial charge in [-0.3, -0.25) is 0 Å². The minimum Gasteiger partial charge on any atom is -0.411 e. The van der Waals surface area contributed by atoms with Gasteiger partial charge in [-0.2, -0.15) is 0 Å². The van der Waals surface area contributed by atoms with Crippen LogP contribution in [0.1, 0.15) is 26.3 Å². The molecule has 0 atom stereocenters. The lowest BCUT2D eigenvalue weighted by atomic mass is 10.1. The molecule has 1 rings (SSSR count). The quantitative estimate of drug-likeness (QED) is 0.481. The van der Waals surface area contributed by atoms with E-state index in [4.69, 9.17) is 5.21 Å². The maximum Gasteiger partial charge on any atom is 0.0694 e. The molecular weight excluding hydrogens is 206 g/mol. The van der Waals surface area contributed by atoms with Crippen LogP contribution in [-0.2, 0) is 5.75 Å². The van der Waals surface area contributed by atoms with Crippen LogP contribution in [0.4, 0.5) is 0 Å². The lowest BCUT2D eigenvalue weighted by molar-refractivity contribution is 0.316. The van der Waals surface area contributed by atoms with Gasteiger partial charge in [-0.1, -0.05) is 35.5 Å². The molecule has 1 N–H and O–H groups in total. The molecule has 0 unspecified atom stereocenters. The predicted molar refractivity (Wildman–Crippen MR) is 66.7 cm³/mol. The van der Waals surface area contributed by atoms with Crippen molar-refractivity contribution in [2.24, 2.45) is 5.16 Å². The van der Waals surface area contributed by atoms with Gasteiger partial charge in [0.05, 0.1) is 10.5 Å². The van der Waals surface area contributed by atoms with Crippen LogP contribution in [0.15, 0.2) is 35.5 Å². The lowest BCUT2D eigenvalue weighted by Crippen LogP contribution is -2.25. The largest absolute Gasteiger partial charge is 0.411 e. The Balaban J connectivity index is 2.57. The Hall–Kier alpha value is -0.960. The van der Waals surface area contributed by atoms with E-state index in [1.807, 2.05) is 25.1 Å². The summed E-state index contributed by atoms with van der Waals surface area (Å²) < 4.78 is -0.120. The molecule has 0 aliphatic carbocycles. The number of nitrogens with zero attached hydrogens (tertiary/aromatic N) is 1. The van der Waals surface area contributed by atoms with E-state index in [2.05, 4.69) is 31.1 Å². The molecule has 15 heavy (non-hydrogen) atoms. The highest BCUT2D eigenvalue weighted by Crippen LogP contribution is 2.29. The summed E-state index contributed by atoms with van der Waals surface area (Å²) in [6.07, 6.45) is 0. The third kappa shape index (κ3) is 3.59. The summed E-state index contributed by atoms with van der Waals surface area (Å²) in [4.78, 5) is 0. The molecule has 0 saturated heterocycles. The highest BCUT2D eigenvalue weighted by atomic mass is 32.2. The van der Waals surface area contributed by atoms with Crippen molar-refractivity contribution < 1.29 is 5.21 Å². The molecule has 0 aliphatic heterocycles.